The summed E-state index contributed by atoms with van der Waals surface area (Å²) in [6.45, 7) is 0. The molecule has 8 heteroatoms. The summed E-state index contributed by atoms with van der Waals surface area (Å²) < 4.78 is 72.9. The predicted molar refractivity (Wildman–Crippen MR) is 39.4 cm³/mol. The second kappa shape index (κ2) is 3.81. The number of carboxylic acid groups (broad SMARTS) is 1. The van der Waals surface area contributed by atoms with Gasteiger partial charge in [0.1, 0.15) is 0 Å². The third kappa shape index (κ3) is 2.59. The van der Waals surface area contributed by atoms with E-state index in [-0.39, 0.29) is 0 Å². The predicted octanol–water partition coefficient (Wildman–Crippen LogP) is 2.84. The molecule has 2 nitrogen and oxygen atoms in total. The zero-order valence-corrected chi connectivity index (χ0v) is 7.77. The summed E-state index contributed by atoms with van der Waals surface area (Å²) in [5.41, 5.74) is 0. The summed E-state index contributed by atoms with van der Waals surface area (Å²) in [4.78, 5) is 10.3. The van der Waals surface area contributed by atoms with Crippen LogP contribution in [0, 0.1) is 17.8 Å². The Morgan fingerprint density at radius 1 is 1.06 bits per heavy atom. The first-order valence-electron chi connectivity index (χ1n) is 4.39. The Kier molecular flexibility index (Phi) is 3.13. The minimum absolute atomic E-state index is 0.570. The van der Waals surface area contributed by atoms with E-state index < -0.39 is 48.9 Å². The molecule has 0 unspecified atom stereocenters. The van der Waals surface area contributed by atoms with Gasteiger partial charge in [-0.2, -0.15) is 26.3 Å². The van der Waals surface area contributed by atoms with Crippen molar-refractivity contribution < 1.29 is 36.2 Å². The molecule has 0 spiro atoms. The SMILES string of the molecule is O=C(O)C1CC(C(C(F)(F)F)C(F)(F)F)C1. The minimum Gasteiger partial charge on any atom is -0.481 e. The number of carbonyl (C=O) groups is 1. The minimum atomic E-state index is -5.37. The van der Waals surface area contributed by atoms with E-state index in [2.05, 4.69) is 0 Å². The van der Waals surface area contributed by atoms with E-state index in [0.29, 0.717) is 0 Å². The van der Waals surface area contributed by atoms with E-state index in [0.717, 1.165) is 0 Å². The fraction of sp³-hybridized carbons (Fsp3) is 0.875. The maximum absolute atomic E-state index is 12.1. The molecule has 0 heterocycles. The third-order valence-electron chi connectivity index (χ3n) is 2.70. The smallest absolute Gasteiger partial charge is 0.400 e. The van der Waals surface area contributed by atoms with Crippen LogP contribution < -0.4 is 0 Å². The van der Waals surface area contributed by atoms with E-state index in [9.17, 15) is 31.1 Å². The highest BCUT2D eigenvalue weighted by molar-refractivity contribution is 5.71. The van der Waals surface area contributed by atoms with Crippen molar-refractivity contribution in [2.24, 2.45) is 17.8 Å². The number of hydrogen-bond acceptors (Lipinski definition) is 1. The van der Waals surface area contributed by atoms with Crippen LogP contribution in [-0.2, 0) is 4.79 Å². The lowest BCUT2D eigenvalue weighted by atomic mass is 9.68. The van der Waals surface area contributed by atoms with Crippen LogP contribution >= 0.6 is 0 Å². The van der Waals surface area contributed by atoms with Crippen molar-refractivity contribution in [2.75, 3.05) is 0 Å². The van der Waals surface area contributed by atoms with Crippen LogP contribution in [-0.4, -0.2) is 23.4 Å². The molecule has 0 aromatic carbocycles. The normalized spacial score (nSPS) is 26.7. The van der Waals surface area contributed by atoms with Crippen molar-refractivity contribution in [3.63, 3.8) is 0 Å². The summed E-state index contributed by atoms with van der Waals surface area (Å²) >= 11 is 0. The van der Waals surface area contributed by atoms with Crippen molar-refractivity contribution in [1.29, 1.82) is 0 Å². The summed E-state index contributed by atoms with van der Waals surface area (Å²) in [6, 6.07) is 0. The molecule has 1 saturated carbocycles. The van der Waals surface area contributed by atoms with E-state index in [1.54, 1.807) is 0 Å². The van der Waals surface area contributed by atoms with Crippen LogP contribution in [0.25, 0.3) is 0 Å². The van der Waals surface area contributed by atoms with Gasteiger partial charge in [0.15, 0.2) is 5.92 Å². The third-order valence-corrected chi connectivity index (χ3v) is 2.70. The largest absolute Gasteiger partial charge is 0.481 e. The van der Waals surface area contributed by atoms with Gasteiger partial charge in [-0.1, -0.05) is 0 Å². The van der Waals surface area contributed by atoms with Crippen LogP contribution in [0.5, 0.6) is 0 Å². The Morgan fingerprint density at radius 3 is 1.69 bits per heavy atom. The lowest BCUT2D eigenvalue weighted by Gasteiger charge is -2.39. The van der Waals surface area contributed by atoms with Gasteiger partial charge in [-0.25, -0.2) is 0 Å². The van der Waals surface area contributed by atoms with Gasteiger partial charge in [0.2, 0.25) is 0 Å². The standard InChI is InChI=1S/C8H8F6O2/c9-7(10,11)5(8(12,13)14)3-1-4(2-3)6(15)16/h3-5H,1-2H2,(H,15,16). The van der Waals surface area contributed by atoms with E-state index in [1.807, 2.05) is 0 Å². The Morgan fingerprint density at radius 2 is 1.44 bits per heavy atom. The molecular weight excluding hydrogens is 242 g/mol. The van der Waals surface area contributed by atoms with Crippen LogP contribution in [0.3, 0.4) is 0 Å². The fourth-order valence-corrected chi connectivity index (χ4v) is 1.86. The Labute approximate surface area is 86.2 Å². The fourth-order valence-electron chi connectivity index (χ4n) is 1.86. The van der Waals surface area contributed by atoms with Crippen LogP contribution in [0.15, 0.2) is 0 Å². The van der Waals surface area contributed by atoms with Gasteiger partial charge in [0.05, 0.1) is 5.92 Å². The molecule has 0 amide bonds. The first-order chi connectivity index (χ1) is 7.03. The lowest BCUT2D eigenvalue weighted by Crippen LogP contribution is -2.48. The average molecular weight is 250 g/mol. The van der Waals surface area contributed by atoms with E-state index >= 15 is 0 Å². The second-order valence-electron chi connectivity index (χ2n) is 3.83. The number of halogens is 6. The molecule has 1 aliphatic rings. The highest BCUT2D eigenvalue weighted by Gasteiger charge is 2.62. The van der Waals surface area contributed by atoms with Crippen molar-refractivity contribution in [3.05, 3.63) is 0 Å². The first kappa shape index (κ1) is 13.1. The number of carboxylic acids is 1. The maximum Gasteiger partial charge on any atom is 0.400 e. The summed E-state index contributed by atoms with van der Waals surface area (Å²) in [5, 5.41) is 8.38. The van der Waals surface area contributed by atoms with Gasteiger partial charge in [-0.15, -0.1) is 0 Å². The number of aliphatic carboxylic acids is 1. The molecule has 1 rings (SSSR count). The van der Waals surface area contributed by atoms with Gasteiger partial charge in [-0.3, -0.25) is 4.79 Å². The number of rotatable bonds is 2. The Hall–Kier alpha value is -0.950. The van der Waals surface area contributed by atoms with Crippen molar-refractivity contribution in [3.8, 4) is 0 Å². The number of hydrogen-bond donors (Lipinski definition) is 1. The molecule has 1 fully saturated rings. The van der Waals surface area contributed by atoms with Gasteiger partial charge >= 0.3 is 18.3 Å². The van der Waals surface area contributed by atoms with Crippen LogP contribution in [0.2, 0.25) is 0 Å². The molecule has 0 saturated heterocycles. The molecular formula is C8H8F6O2. The molecule has 1 aliphatic carbocycles. The van der Waals surface area contributed by atoms with Crippen molar-refractivity contribution in [2.45, 2.75) is 25.2 Å². The maximum atomic E-state index is 12.1. The van der Waals surface area contributed by atoms with Crippen molar-refractivity contribution in [1.82, 2.24) is 0 Å². The summed E-state index contributed by atoms with van der Waals surface area (Å²) in [5.74, 6) is -7.51. The topological polar surface area (TPSA) is 37.3 Å². The number of alkyl halides is 6. The monoisotopic (exact) mass is 250 g/mol. The summed E-state index contributed by atoms with van der Waals surface area (Å²) in [6.07, 6.45) is -11.9. The molecule has 0 bridgehead atoms. The van der Waals surface area contributed by atoms with Crippen LogP contribution in [0.4, 0.5) is 26.3 Å². The second-order valence-corrected chi connectivity index (χ2v) is 3.83. The first-order valence-corrected chi connectivity index (χ1v) is 4.39. The highest BCUT2D eigenvalue weighted by Crippen LogP contribution is 2.52. The van der Waals surface area contributed by atoms with Gasteiger partial charge < -0.3 is 5.11 Å². The average Bonchev–Trinajstić information content (AvgIpc) is 1.88. The zero-order valence-electron chi connectivity index (χ0n) is 7.77. The quantitative estimate of drug-likeness (QED) is 0.765. The molecule has 0 aromatic heterocycles. The van der Waals surface area contributed by atoms with Gasteiger partial charge in [0.25, 0.3) is 0 Å². The van der Waals surface area contributed by atoms with E-state index in [1.165, 1.54) is 0 Å². The Bertz CT molecular complexity index is 261. The van der Waals surface area contributed by atoms with Crippen LogP contribution in [0.1, 0.15) is 12.8 Å². The Balaban J connectivity index is 2.72. The highest BCUT2D eigenvalue weighted by atomic mass is 19.4. The zero-order chi connectivity index (χ0) is 12.7. The molecule has 16 heavy (non-hydrogen) atoms. The molecule has 1 N–H and O–H groups in total. The van der Waals surface area contributed by atoms with Crippen molar-refractivity contribution >= 4 is 5.97 Å². The van der Waals surface area contributed by atoms with Gasteiger partial charge in [-0.05, 0) is 18.8 Å². The molecule has 0 aromatic rings. The van der Waals surface area contributed by atoms with E-state index in [4.69, 9.17) is 5.11 Å². The lowest BCUT2D eigenvalue weighted by molar-refractivity contribution is -0.307. The summed E-state index contributed by atoms with van der Waals surface area (Å²) in [7, 11) is 0. The molecule has 94 valence electrons. The van der Waals surface area contributed by atoms with Gasteiger partial charge in [0, 0.05) is 0 Å². The molecule has 0 atom stereocenters. The molecule has 0 radical (unpaired) electrons. The molecule has 0 aliphatic heterocycles.